The van der Waals surface area contributed by atoms with Crippen molar-refractivity contribution in [2.45, 2.75) is 18.8 Å². The van der Waals surface area contributed by atoms with Crippen LogP contribution in [0.25, 0.3) is 22.2 Å². The lowest BCUT2D eigenvalue weighted by Gasteiger charge is -2.28. The molecule has 1 atom stereocenters. The molecule has 0 radical (unpaired) electrons. The lowest BCUT2D eigenvalue weighted by molar-refractivity contribution is 0.476. The predicted octanol–water partition coefficient (Wildman–Crippen LogP) is 3.79. The van der Waals surface area contributed by atoms with Gasteiger partial charge in [0, 0.05) is 36.8 Å². The molecule has 128 valence electrons. The van der Waals surface area contributed by atoms with Gasteiger partial charge < -0.3 is 5.73 Å². The lowest BCUT2D eigenvalue weighted by Crippen LogP contribution is -2.34. The fourth-order valence-corrected chi connectivity index (χ4v) is 3.74. The Balaban J connectivity index is 0.00000196. The Hall–Kier alpha value is -2.57. The van der Waals surface area contributed by atoms with Crippen molar-refractivity contribution in [3.8, 4) is 11.1 Å². The van der Waals surface area contributed by atoms with E-state index in [4.69, 9.17) is 5.73 Å². The summed E-state index contributed by atoms with van der Waals surface area (Å²) in [5.74, 6) is 0. The maximum absolute atomic E-state index is 6.17. The molecule has 4 rings (SSSR count). The van der Waals surface area contributed by atoms with Crippen LogP contribution in [-0.2, 0) is 11.8 Å². The van der Waals surface area contributed by atoms with Gasteiger partial charge in [0.05, 0.1) is 17.4 Å². The van der Waals surface area contributed by atoms with E-state index in [9.17, 15) is 0 Å². The molecular formula is C19H21N5S. The van der Waals surface area contributed by atoms with E-state index in [1.165, 1.54) is 5.56 Å². The van der Waals surface area contributed by atoms with Crippen LogP contribution >= 0.6 is 11.3 Å². The summed E-state index contributed by atoms with van der Waals surface area (Å²) < 4.78 is 0. The molecule has 25 heavy (non-hydrogen) atoms. The smallest absolute Gasteiger partial charge is 0.155 e. The Bertz CT molecular complexity index is 998. The zero-order valence-corrected chi connectivity index (χ0v) is 14.8. The second-order valence-corrected chi connectivity index (χ2v) is 7.21. The van der Waals surface area contributed by atoms with E-state index < -0.39 is 0 Å². The number of rotatable bonds is 5. The largest absolute Gasteiger partial charge is 0.330 e. The molecular weight excluding hydrogens is 330 g/mol. The SMILES string of the molecule is CC(CN)(Cc1cscn1)c1cccc(-c2ccnc3[nH]ncc23)c1.[HH]. The van der Waals surface area contributed by atoms with Gasteiger partial charge in [0.25, 0.3) is 0 Å². The quantitative estimate of drug-likeness (QED) is 0.573. The molecule has 0 fully saturated rings. The number of aromatic nitrogens is 4. The normalized spacial score (nSPS) is 13.8. The van der Waals surface area contributed by atoms with Gasteiger partial charge in [0.15, 0.2) is 5.65 Å². The highest BCUT2D eigenvalue weighted by molar-refractivity contribution is 7.07. The molecule has 5 nitrogen and oxygen atoms in total. The minimum atomic E-state index is -0.160. The number of aromatic amines is 1. The average Bonchev–Trinajstić information content (AvgIpc) is 3.32. The highest BCUT2D eigenvalue weighted by atomic mass is 32.1. The zero-order valence-electron chi connectivity index (χ0n) is 13.9. The van der Waals surface area contributed by atoms with E-state index in [0.29, 0.717) is 6.54 Å². The molecule has 0 spiro atoms. The second kappa shape index (κ2) is 6.38. The molecule has 0 amide bonds. The zero-order chi connectivity index (χ0) is 17.3. The van der Waals surface area contributed by atoms with Crippen LogP contribution in [0.5, 0.6) is 0 Å². The van der Waals surface area contributed by atoms with Crippen molar-refractivity contribution in [1.82, 2.24) is 20.2 Å². The first-order valence-corrected chi connectivity index (χ1v) is 9.10. The van der Waals surface area contributed by atoms with E-state index in [1.54, 1.807) is 17.5 Å². The number of nitrogens with two attached hydrogens (primary N) is 1. The number of fused-ring (bicyclic) bond motifs is 1. The molecule has 0 aliphatic rings. The number of hydrogen-bond donors (Lipinski definition) is 2. The molecule has 1 unspecified atom stereocenters. The molecule has 3 N–H and O–H groups in total. The maximum Gasteiger partial charge on any atom is 0.155 e. The van der Waals surface area contributed by atoms with Crippen LogP contribution in [-0.4, -0.2) is 26.7 Å². The number of benzene rings is 1. The van der Waals surface area contributed by atoms with Crippen molar-refractivity contribution < 1.29 is 1.43 Å². The molecule has 0 bridgehead atoms. The first-order chi connectivity index (χ1) is 12.2. The van der Waals surface area contributed by atoms with Crippen LogP contribution in [0.3, 0.4) is 0 Å². The van der Waals surface area contributed by atoms with Crippen molar-refractivity contribution >= 4 is 22.4 Å². The number of pyridine rings is 1. The molecule has 4 aromatic rings. The Morgan fingerprint density at radius 2 is 2.20 bits per heavy atom. The van der Waals surface area contributed by atoms with Crippen molar-refractivity contribution in [1.29, 1.82) is 0 Å². The third-order valence-corrected chi connectivity index (χ3v) is 5.37. The molecule has 6 heteroatoms. The Kier molecular flexibility index (Phi) is 4.07. The third kappa shape index (κ3) is 2.94. The van der Waals surface area contributed by atoms with Gasteiger partial charge in [-0.3, -0.25) is 5.10 Å². The second-order valence-electron chi connectivity index (χ2n) is 6.49. The van der Waals surface area contributed by atoms with Gasteiger partial charge in [-0.1, -0.05) is 31.2 Å². The number of H-pyrrole nitrogens is 1. The summed E-state index contributed by atoms with van der Waals surface area (Å²) in [6, 6.07) is 10.6. The minimum absolute atomic E-state index is 0. The fraction of sp³-hybridized carbons (Fsp3) is 0.211. The fourth-order valence-electron chi connectivity index (χ4n) is 3.18. The van der Waals surface area contributed by atoms with Gasteiger partial charge in [-0.2, -0.15) is 5.10 Å². The van der Waals surface area contributed by atoms with Crippen molar-refractivity contribution in [3.63, 3.8) is 0 Å². The van der Waals surface area contributed by atoms with Crippen LogP contribution in [0.2, 0.25) is 0 Å². The average molecular weight is 351 g/mol. The van der Waals surface area contributed by atoms with Gasteiger partial charge in [0.1, 0.15) is 0 Å². The van der Waals surface area contributed by atoms with E-state index in [2.05, 4.69) is 56.7 Å². The summed E-state index contributed by atoms with van der Waals surface area (Å²) in [7, 11) is 0. The Labute approximate surface area is 151 Å². The Morgan fingerprint density at radius 3 is 3.00 bits per heavy atom. The number of nitrogens with zero attached hydrogens (tertiary/aromatic N) is 3. The van der Waals surface area contributed by atoms with Crippen LogP contribution in [0.4, 0.5) is 0 Å². The maximum atomic E-state index is 6.17. The first kappa shape index (κ1) is 15.9. The van der Waals surface area contributed by atoms with E-state index in [0.717, 1.165) is 34.3 Å². The van der Waals surface area contributed by atoms with E-state index in [-0.39, 0.29) is 6.84 Å². The van der Waals surface area contributed by atoms with Crippen LogP contribution in [0.15, 0.2) is 53.6 Å². The van der Waals surface area contributed by atoms with Crippen molar-refractivity contribution in [2.75, 3.05) is 6.54 Å². The standard InChI is InChI=1S/C19H19N5S.H2/c1-19(11-20,8-15-10-25-12-22-15)14-4-2-3-13(7-14)16-5-6-21-18-17(16)9-23-24-18;/h2-7,9-10,12H,8,11,20H2,1H3,(H,21,23,24);1H. The molecule has 1 aromatic carbocycles. The van der Waals surface area contributed by atoms with Crippen LogP contribution < -0.4 is 5.73 Å². The first-order valence-electron chi connectivity index (χ1n) is 8.16. The highest BCUT2D eigenvalue weighted by Crippen LogP contribution is 2.32. The summed E-state index contributed by atoms with van der Waals surface area (Å²) in [6.07, 6.45) is 4.45. The monoisotopic (exact) mass is 351 g/mol. The van der Waals surface area contributed by atoms with Gasteiger partial charge in [-0.05, 0) is 22.8 Å². The number of hydrogen-bond acceptors (Lipinski definition) is 5. The molecule has 0 saturated heterocycles. The van der Waals surface area contributed by atoms with Gasteiger partial charge >= 0.3 is 0 Å². The van der Waals surface area contributed by atoms with E-state index in [1.807, 2.05) is 17.8 Å². The molecule has 3 aromatic heterocycles. The Morgan fingerprint density at radius 1 is 1.28 bits per heavy atom. The van der Waals surface area contributed by atoms with Crippen LogP contribution in [0.1, 0.15) is 19.6 Å². The van der Waals surface area contributed by atoms with Crippen LogP contribution in [0, 0.1) is 0 Å². The summed E-state index contributed by atoms with van der Waals surface area (Å²) in [6.45, 7) is 2.76. The van der Waals surface area contributed by atoms with E-state index >= 15 is 0 Å². The molecule has 3 heterocycles. The number of nitrogens with one attached hydrogen (secondary N) is 1. The summed E-state index contributed by atoms with van der Waals surface area (Å²) in [5.41, 5.74) is 13.2. The number of thiazole rings is 1. The predicted molar refractivity (Wildman–Crippen MR) is 104 cm³/mol. The van der Waals surface area contributed by atoms with Crippen molar-refractivity contribution in [2.24, 2.45) is 5.73 Å². The van der Waals surface area contributed by atoms with Crippen molar-refractivity contribution in [3.05, 3.63) is 64.9 Å². The topological polar surface area (TPSA) is 80.5 Å². The minimum Gasteiger partial charge on any atom is -0.330 e. The van der Waals surface area contributed by atoms with Gasteiger partial charge in [-0.25, -0.2) is 9.97 Å². The summed E-state index contributed by atoms with van der Waals surface area (Å²) in [4.78, 5) is 8.75. The summed E-state index contributed by atoms with van der Waals surface area (Å²) >= 11 is 1.62. The highest BCUT2D eigenvalue weighted by Gasteiger charge is 2.26. The molecule has 0 saturated carbocycles. The van der Waals surface area contributed by atoms with Gasteiger partial charge in [0.2, 0.25) is 0 Å². The molecule has 0 aliphatic carbocycles. The van der Waals surface area contributed by atoms with Gasteiger partial charge in [-0.15, -0.1) is 11.3 Å². The lowest BCUT2D eigenvalue weighted by atomic mass is 9.78. The summed E-state index contributed by atoms with van der Waals surface area (Å²) in [5, 5.41) is 10.2. The third-order valence-electron chi connectivity index (χ3n) is 4.73. The molecule has 0 aliphatic heterocycles.